The lowest BCUT2D eigenvalue weighted by Gasteiger charge is -2.05. The van der Waals surface area contributed by atoms with Crippen LogP contribution >= 0.6 is 0 Å². The fourth-order valence-electron chi connectivity index (χ4n) is 2.63. The molecule has 0 fully saturated rings. The highest BCUT2D eigenvalue weighted by atomic mass is 32.3. The van der Waals surface area contributed by atoms with Crippen molar-refractivity contribution in [1.82, 2.24) is 0 Å². The third kappa shape index (κ3) is 4.89. The SMILES string of the molecule is COc1ccc(C=CS(=O)(=O)CS(=O)(=O)c2cc3ccc(OC)cc3oc2=O)cc1. The Morgan fingerprint density at radius 2 is 1.53 bits per heavy atom. The number of benzene rings is 2. The Labute approximate surface area is 173 Å². The summed E-state index contributed by atoms with van der Waals surface area (Å²) < 4.78 is 65.0. The Morgan fingerprint density at radius 1 is 0.900 bits per heavy atom. The Balaban J connectivity index is 1.90. The molecule has 0 unspecified atom stereocenters. The quantitative estimate of drug-likeness (QED) is 0.504. The molecule has 0 bridgehead atoms. The highest BCUT2D eigenvalue weighted by molar-refractivity contribution is 8.09. The van der Waals surface area contributed by atoms with Gasteiger partial charge in [-0.05, 0) is 42.0 Å². The lowest BCUT2D eigenvalue weighted by atomic mass is 10.2. The molecule has 158 valence electrons. The van der Waals surface area contributed by atoms with Gasteiger partial charge in [0.15, 0.2) is 29.7 Å². The van der Waals surface area contributed by atoms with E-state index in [4.69, 9.17) is 13.9 Å². The molecule has 0 aliphatic heterocycles. The topological polar surface area (TPSA) is 117 Å². The van der Waals surface area contributed by atoms with Crippen LogP contribution in [-0.4, -0.2) is 36.1 Å². The van der Waals surface area contributed by atoms with Gasteiger partial charge in [-0.1, -0.05) is 12.1 Å². The zero-order chi connectivity index (χ0) is 21.9. The van der Waals surface area contributed by atoms with Crippen LogP contribution in [0.2, 0.25) is 0 Å². The molecular weight excluding hydrogens is 432 g/mol. The van der Waals surface area contributed by atoms with Gasteiger partial charge in [0.25, 0.3) is 0 Å². The van der Waals surface area contributed by atoms with Gasteiger partial charge in [-0.3, -0.25) is 0 Å². The van der Waals surface area contributed by atoms with Crippen molar-refractivity contribution in [1.29, 1.82) is 0 Å². The van der Waals surface area contributed by atoms with E-state index in [-0.39, 0.29) is 5.58 Å². The maximum atomic E-state index is 12.6. The zero-order valence-corrected chi connectivity index (χ0v) is 17.7. The van der Waals surface area contributed by atoms with E-state index in [1.54, 1.807) is 30.3 Å². The summed E-state index contributed by atoms with van der Waals surface area (Å²) in [5.74, 6) is 1.02. The lowest BCUT2D eigenvalue weighted by Crippen LogP contribution is -2.21. The van der Waals surface area contributed by atoms with E-state index in [9.17, 15) is 21.6 Å². The third-order valence-corrected chi connectivity index (χ3v) is 8.21. The number of hydrogen-bond donors (Lipinski definition) is 0. The van der Waals surface area contributed by atoms with Crippen molar-refractivity contribution in [3.8, 4) is 11.5 Å². The van der Waals surface area contributed by atoms with Gasteiger partial charge in [0.1, 0.15) is 17.1 Å². The van der Waals surface area contributed by atoms with Crippen LogP contribution in [0.15, 0.2) is 68.0 Å². The molecule has 0 atom stereocenters. The number of fused-ring (bicyclic) bond motifs is 1. The van der Waals surface area contributed by atoms with Crippen LogP contribution in [0.3, 0.4) is 0 Å². The molecular formula is C20H18O8S2. The summed E-state index contributed by atoms with van der Waals surface area (Å²) in [5.41, 5.74) is -0.485. The average molecular weight is 450 g/mol. The van der Waals surface area contributed by atoms with E-state index in [0.717, 1.165) is 11.5 Å². The number of hydrogen-bond acceptors (Lipinski definition) is 8. The predicted octanol–water partition coefficient (Wildman–Crippen LogP) is 2.63. The van der Waals surface area contributed by atoms with Crippen LogP contribution < -0.4 is 15.1 Å². The van der Waals surface area contributed by atoms with Crippen LogP contribution in [0.1, 0.15) is 5.56 Å². The maximum absolute atomic E-state index is 12.6. The predicted molar refractivity (Wildman–Crippen MR) is 112 cm³/mol. The first-order valence-electron chi connectivity index (χ1n) is 8.53. The van der Waals surface area contributed by atoms with Crippen molar-refractivity contribution < 1.29 is 30.7 Å². The van der Waals surface area contributed by atoms with Crippen molar-refractivity contribution in [3.05, 3.63) is 69.9 Å². The Bertz CT molecular complexity index is 1370. The minimum absolute atomic E-state index is 0.126. The zero-order valence-electron chi connectivity index (χ0n) is 16.1. The van der Waals surface area contributed by atoms with Crippen molar-refractivity contribution in [2.75, 3.05) is 19.3 Å². The highest BCUT2D eigenvalue weighted by Crippen LogP contribution is 2.22. The van der Waals surface area contributed by atoms with Crippen molar-refractivity contribution in [2.45, 2.75) is 4.90 Å². The van der Waals surface area contributed by atoms with E-state index in [0.29, 0.717) is 22.4 Å². The first-order chi connectivity index (χ1) is 14.1. The third-order valence-electron chi connectivity index (χ3n) is 4.15. The van der Waals surface area contributed by atoms with Gasteiger partial charge < -0.3 is 13.9 Å². The molecule has 1 heterocycles. The molecule has 3 rings (SSSR count). The van der Waals surface area contributed by atoms with Crippen molar-refractivity contribution >= 4 is 36.7 Å². The van der Waals surface area contributed by atoms with Crippen molar-refractivity contribution in [2.24, 2.45) is 0 Å². The molecule has 0 aliphatic carbocycles. The number of ether oxygens (including phenoxy) is 2. The molecule has 0 saturated carbocycles. The standard InChI is InChI=1S/C20H18O8S2/c1-26-16-6-3-14(4-7-16)9-10-29(22,23)13-30(24,25)19-11-15-5-8-17(27-2)12-18(15)28-20(19)21/h3-12H,13H2,1-2H3. The second kappa shape index (κ2) is 8.33. The number of sulfone groups is 2. The molecule has 0 saturated heterocycles. The van der Waals surface area contributed by atoms with Crippen LogP contribution in [0.25, 0.3) is 17.0 Å². The van der Waals surface area contributed by atoms with Gasteiger partial charge in [-0.25, -0.2) is 21.6 Å². The van der Waals surface area contributed by atoms with Crippen LogP contribution in [0, 0.1) is 0 Å². The van der Waals surface area contributed by atoms with Gasteiger partial charge in [0.05, 0.1) is 14.2 Å². The molecule has 8 nitrogen and oxygen atoms in total. The first-order valence-corrected chi connectivity index (χ1v) is 11.9. The second-order valence-corrected chi connectivity index (χ2v) is 10.5. The van der Waals surface area contributed by atoms with Crippen LogP contribution in [0.5, 0.6) is 11.5 Å². The van der Waals surface area contributed by atoms with E-state index in [1.165, 1.54) is 32.4 Å². The molecule has 0 aliphatic rings. The average Bonchev–Trinajstić information content (AvgIpc) is 2.70. The van der Waals surface area contributed by atoms with Gasteiger partial charge in [0.2, 0.25) is 0 Å². The van der Waals surface area contributed by atoms with Crippen LogP contribution in [-0.2, 0) is 19.7 Å². The first kappa shape index (κ1) is 21.6. The van der Waals surface area contributed by atoms with Gasteiger partial charge in [-0.2, -0.15) is 0 Å². The monoisotopic (exact) mass is 450 g/mol. The molecule has 1 aromatic heterocycles. The minimum Gasteiger partial charge on any atom is -0.497 e. The number of methoxy groups -OCH3 is 2. The fraction of sp³-hybridized carbons (Fsp3) is 0.150. The molecule has 30 heavy (non-hydrogen) atoms. The largest absolute Gasteiger partial charge is 0.497 e. The van der Waals surface area contributed by atoms with E-state index >= 15 is 0 Å². The smallest absolute Gasteiger partial charge is 0.355 e. The summed E-state index contributed by atoms with van der Waals surface area (Å²) in [7, 11) is -5.72. The Morgan fingerprint density at radius 3 is 2.17 bits per heavy atom. The fourth-order valence-corrected chi connectivity index (χ4v) is 6.15. The molecule has 2 aromatic carbocycles. The maximum Gasteiger partial charge on any atom is 0.355 e. The summed E-state index contributed by atoms with van der Waals surface area (Å²) in [6.07, 6.45) is 1.26. The highest BCUT2D eigenvalue weighted by Gasteiger charge is 2.27. The summed E-state index contributed by atoms with van der Waals surface area (Å²) in [4.78, 5) is 11.5. The summed E-state index contributed by atoms with van der Waals surface area (Å²) in [6, 6.07) is 12.1. The Kier molecular flexibility index (Phi) is 5.99. The molecule has 0 amide bonds. The van der Waals surface area contributed by atoms with E-state index in [2.05, 4.69) is 0 Å². The van der Waals surface area contributed by atoms with Crippen molar-refractivity contribution in [3.63, 3.8) is 0 Å². The van der Waals surface area contributed by atoms with E-state index < -0.39 is 35.3 Å². The van der Waals surface area contributed by atoms with Gasteiger partial charge in [-0.15, -0.1) is 0 Å². The molecule has 0 N–H and O–H groups in total. The molecule has 0 spiro atoms. The minimum atomic E-state index is -4.47. The number of rotatable bonds is 7. The summed E-state index contributed by atoms with van der Waals surface area (Å²) in [5, 5.41) is -0.154. The molecule has 0 radical (unpaired) electrons. The second-order valence-electron chi connectivity index (χ2n) is 6.27. The molecule has 3 aromatic rings. The normalized spacial score (nSPS) is 12.3. The van der Waals surface area contributed by atoms with Gasteiger partial charge >= 0.3 is 5.63 Å². The molecule has 10 heteroatoms. The van der Waals surface area contributed by atoms with E-state index in [1.807, 2.05) is 0 Å². The summed E-state index contributed by atoms with van der Waals surface area (Å²) in [6.45, 7) is 0. The van der Waals surface area contributed by atoms with Gasteiger partial charge in [0, 0.05) is 16.9 Å². The lowest BCUT2D eigenvalue weighted by molar-refractivity contribution is 0.414. The van der Waals surface area contributed by atoms with Crippen LogP contribution in [0.4, 0.5) is 0 Å². The summed E-state index contributed by atoms with van der Waals surface area (Å²) >= 11 is 0. The Hall–Kier alpha value is -3.11.